The SMILES string of the molecule is Cc1ccc(N(c2ccc(C)cc2)c2ccc(/C=C/c3cc(C#N)c(/C=C/c4ccc(N(c5ccc(C)cc5)c5ccc(C)cc5)cc4)cc3C#N)cc2)cc1. The molecule has 0 atom stereocenters. The number of anilines is 6. The monoisotopic (exact) mass is 722 g/mol. The maximum Gasteiger partial charge on any atom is 0.0998 e. The fourth-order valence-corrected chi connectivity index (χ4v) is 6.61. The lowest BCUT2D eigenvalue weighted by Gasteiger charge is -2.26. The van der Waals surface area contributed by atoms with Crippen molar-refractivity contribution in [2.24, 2.45) is 0 Å². The van der Waals surface area contributed by atoms with Crippen LogP contribution in [0.2, 0.25) is 0 Å². The van der Waals surface area contributed by atoms with E-state index < -0.39 is 0 Å². The second-order valence-corrected chi connectivity index (χ2v) is 14.1. The van der Waals surface area contributed by atoms with Gasteiger partial charge in [0.25, 0.3) is 0 Å². The molecule has 0 saturated heterocycles. The standard InChI is InChI=1S/C52H42N4/c1-37-5-21-47(22-6-37)55(48-23-7-38(2)8-24-48)51-29-15-41(16-30-51)13-19-43-33-46(36-54)44(34-45(43)35-53)20-14-42-17-31-52(32-18-42)56(49-25-9-39(3)10-26-49)50-27-11-40(4)12-28-50/h5-34H,1-4H3/b19-13+,20-14+. The quantitative estimate of drug-likeness (QED) is 0.132. The normalized spacial score (nSPS) is 11.0. The van der Waals surface area contributed by atoms with Gasteiger partial charge in [-0.05, 0) is 135 Å². The predicted octanol–water partition coefficient (Wildman–Crippen LogP) is 13.9. The molecule has 0 aromatic heterocycles. The molecule has 270 valence electrons. The highest BCUT2D eigenvalue weighted by molar-refractivity contribution is 5.82. The third-order valence-electron chi connectivity index (χ3n) is 9.84. The lowest BCUT2D eigenvalue weighted by molar-refractivity contribution is 1.27. The summed E-state index contributed by atoms with van der Waals surface area (Å²) < 4.78 is 0. The number of hydrogen-bond donors (Lipinski definition) is 0. The lowest BCUT2D eigenvalue weighted by Crippen LogP contribution is -2.09. The molecule has 0 unspecified atom stereocenters. The first-order valence-corrected chi connectivity index (χ1v) is 18.7. The molecule has 0 fully saturated rings. The molecule has 0 radical (unpaired) electrons. The van der Waals surface area contributed by atoms with E-state index in [1.807, 2.05) is 24.3 Å². The van der Waals surface area contributed by atoms with Crippen LogP contribution in [0, 0.1) is 50.4 Å². The first kappa shape index (κ1) is 36.9. The Bertz CT molecular complexity index is 2310. The zero-order valence-electron chi connectivity index (χ0n) is 32.1. The Morgan fingerprint density at radius 3 is 0.804 bits per heavy atom. The molecule has 4 heteroatoms. The smallest absolute Gasteiger partial charge is 0.0998 e. The largest absolute Gasteiger partial charge is 0.311 e. The van der Waals surface area contributed by atoms with Crippen LogP contribution in [0.5, 0.6) is 0 Å². The molecule has 7 aromatic carbocycles. The summed E-state index contributed by atoms with van der Waals surface area (Å²) in [5, 5.41) is 20.3. The third kappa shape index (κ3) is 8.53. The van der Waals surface area contributed by atoms with Crippen LogP contribution in [0.1, 0.15) is 55.6 Å². The zero-order valence-corrected chi connectivity index (χ0v) is 32.1. The minimum Gasteiger partial charge on any atom is -0.311 e. The zero-order chi connectivity index (χ0) is 39.0. The van der Waals surface area contributed by atoms with Gasteiger partial charge >= 0.3 is 0 Å². The van der Waals surface area contributed by atoms with E-state index in [1.54, 1.807) is 12.1 Å². The fourth-order valence-electron chi connectivity index (χ4n) is 6.61. The average Bonchev–Trinajstić information content (AvgIpc) is 3.23. The van der Waals surface area contributed by atoms with Crippen molar-refractivity contribution in [3.8, 4) is 12.1 Å². The van der Waals surface area contributed by atoms with E-state index >= 15 is 0 Å². The molecule has 0 amide bonds. The second kappa shape index (κ2) is 16.7. The highest BCUT2D eigenvalue weighted by atomic mass is 15.1. The summed E-state index contributed by atoms with van der Waals surface area (Å²) >= 11 is 0. The maximum atomic E-state index is 10.1. The van der Waals surface area contributed by atoms with Gasteiger partial charge < -0.3 is 9.80 Å². The van der Waals surface area contributed by atoms with Crippen molar-refractivity contribution >= 4 is 58.4 Å². The number of hydrogen-bond acceptors (Lipinski definition) is 4. The Morgan fingerprint density at radius 2 is 0.571 bits per heavy atom. The van der Waals surface area contributed by atoms with Crippen LogP contribution in [0.25, 0.3) is 24.3 Å². The van der Waals surface area contributed by atoms with Crippen LogP contribution < -0.4 is 9.80 Å². The van der Waals surface area contributed by atoms with E-state index in [4.69, 9.17) is 0 Å². The van der Waals surface area contributed by atoms with Gasteiger partial charge in [-0.1, -0.05) is 119 Å². The van der Waals surface area contributed by atoms with Gasteiger partial charge in [0.05, 0.1) is 23.3 Å². The number of rotatable bonds is 10. The summed E-state index contributed by atoms with van der Waals surface area (Å²) in [6, 6.07) is 59.1. The Morgan fingerprint density at radius 1 is 0.339 bits per heavy atom. The van der Waals surface area contributed by atoms with E-state index in [-0.39, 0.29) is 0 Å². The van der Waals surface area contributed by atoms with Crippen molar-refractivity contribution in [3.05, 3.63) is 213 Å². The van der Waals surface area contributed by atoms with Gasteiger partial charge in [-0.15, -0.1) is 0 Å². The van der Waals surface area contributed by atoms with E-state index in [0.29, 0.717) is 22.3 Å². The Kier molecular flexibility index (Phi) is 11.0. The molecule has 0 aliphatic rings. The molecule has 0 bridgehead atoms. The average molecular weight is 723 g/mol. The highest BCUT2D eigenvalue weighted by Gasteiger charge is 2.14. The number of nitriles is 2. The van der Waals surface area contributed by atoms with E-state index in [2.05, 4.69) is 195 Å². The molecule has 7 rings (SSSR count). The van der Waals surface area contributed by atoms with Crippen molar-refractivity contribution in [1.29, 1.82) is 10.5 Å². The third-order valence-corrected chi connectivity index (χ3v) is 9.84. The van der Waals surface area contributed by atoms with Crippen LogP contribution in [0.3, 0.4) is 0 Å². The van der Waals surface area contributed by atoms with Crippen molar-refractivity contribution in [3.63, 3.8) is 0 Å². The van der Waals surface area contributed by atoms with Gasteiger partial charge in [0.2, 0.25) is 0 Å². The molecule has 0 aliphatic heterocycles. The molecule has 7 aromatic rings. The van der Waals surface area contributed by atoms with Gasteiger partial charge in [0.1, 0.15) is 0 Å². The molecule has 0 N–H and O–H groups in total. The number of aryl methyl sites for hydroxylation is 4. The van der Waals surface area contributed by atoms with E-state index in [0.717, 1.165) is 45.3 Å². The Hall–Kier alpha value is -7.40. The Balaban J connectivity index is 1.11. The van der Waals surface area contributed by atoms with Crippen LogP contribution in [-0.4, -0.2) is 0 Å². The number of nitrogens with zero attached hydrogens (tertiary/aromatic N) is 4. The summed E-state index contributed by atoms with van der Waals surface area (Å²) in [6.07, 6.45) is 7.78. The predicted molar refractivity (Wildman–Crippen MR) is 235 cm³/mol. The van der Waals surface area contributed by atoms with Gasteiger partial charge in [-0.2, -0.15) is 10.5 Å². The highest BCUT2D eigenvalue weighted by Crippen LogP contribution is 2.36. The van der Waals surface area contributed by atoms with Crippen molar-refractivity contribution in [1.82, 2.24) is 0 Å². The first-order chi connectivity index (χ1) is 27.3. The maximum absolute atomic E-state index is 10.1. The van der Waals surface area contributed by atoms with Crippen LogP contribution in [0.15, 0.2) is 158 Å². The topological polar surface area (TPSA) is 54.1 Å². The second-order valence-electron chi connectivity index (χ2n) is 14.1. The minimum atomic E-state index is 0.503. The summed E-state index contributed by atoms with van der Waals surface area (Å²) in [7, 11) is 0. The van der Waals surface area contributed by atoms with Gasteiger partial charge in [0, 0.05) is 34.1 Å². The van der Waals surface area contributed by atoms with Gasteiger partial charge in [-0.25, -0.2) is 0 Å². The van der Waals surface area contributed by atoms with Gasteiger partial charge in [-0.3, -0.25) is 0 Å². The molecule has 4 nitrogen and oxygen atoms in total. The lowest BCUT2D eigenvalue weighted by atomic mass is 9.97. The molecule has 0 aliphatic carbocycles. The molecular formula is C52H42N4. The summed E-state index contributed by atoms with van der Waals surface area (Å²) in [5.74, 6) is 0. The van der Waals surface area contributed by atoms with Crippen molar-refractivity contribution in [2.45, 2.75) is 27.7 Å². The first-order valence-electron chi connectivity index (χ1n) is 18.7. The summed E-state index contributed by atoms with van der Waals surface area (Å²) in [5.41, 5.74) is 15.6. The molecule has 0 saturated carbocycles. The van der Waals surface area contributed by atoms with Gasteiger partial charge in [0.15, 0.2) is 0 Å². The van der Waals surface area contributed by atoms with Crippen molar-refractivity contribution < 1.29 is 0 Å². The van der Waals surface area contributed by atoms with Crippen LogP contribution in [-0.2, 0) is 0 Å². The van der Waals surface area contributed by atoms with E-state index in [9.17, 15) is 10.5 Å². The summed E-state index contributed by atoms with van der Waals surface area (Å²) in [4.78, 5) is 4.48. The Labute approximate surface area is 330 Å². The van der Waals surface area contributed by atoms with E-state index in [1.165, 1.54) is 22.3 Å². The minimum absolute atomic E-state index is 0.503. The fraction of sp³-hybridized carbons (Fsp3) is 0.0769. The van der Waals surface area contributed by atoms with Crippen LogP contribution >= 0.6 is 0 Å². The summed E-state index contributed by atoms with van der Waals surface area (Å²) in [6.45, 7) is 8.37. The molecule has 56 heavy (non-hydrogen) atoms. The molecule has 0 heterocycles. The molecule has 0 spiro atoms. The molecular weight excluding hydrogens is 681 g/mol. The van der Waals surface area contributed by atoms with Crippen LogP contribution in [0.4, 0.5) is 34.1 Å². The van der Waals surface area contributed by atoms with Crippen molar-refractivity contribution in [2.75, 3.05) is 9.80 Å². The number of benzene rings is 7.